The molecular weight excluding hydrogens is 242 g/mol. The molecule has 2 rings (SSSR count). The Kier molecular flexibility index (Phi) is 4.37. The zero-order valence-corrected chi connectivity index (χ0v) is 11.7. The first-order valence-corrected chi connectivity index (χ1v) is 6.64. The molecule has 1 amide bonds. The van der Waals surface area contributed by atoms with Crippen molar-refractivity contribution >= 4 is 11.7 Å². The van der Waals surface area contributed by atoms with Crippen LogP contribution in [0.5, 0.6) is 0 Å². The Hall–Kier alpha value is -1.62. The molecule has 19 heavy (non-hydrogen) atoms. The van der Waals surface area contributed by atoms with Crippen LogP contribution in [0.15, 0.2) is 18.3 Å². The summed E-state index contributed by atoms with van der Waals surface area (Å²) in [5.74, 6) is 0.700. The largest absolute Gasteiger partial charge is 0.376 e. The molecule has 0 spiro atoms. The van der Waals surface area contributed by atoms with Crippen molar-refractivity contribution in [1.29, 1.82) is 0 Å². The first kappa shape index (κ1) is 13.8. The minimum atomic E-state index is -0.0755. The smallest absolute Gasteiger partial charge is 0.251 e. The third-order valence-corrected chi connectivity index (χ3v) is 3.35. The van der Waals surface area contributed by atoms with Crippen molar-refractivity contribution < 1.29 is 9.53 Å². The maximum Gasteiger partial charge on any atom is 0.251 e. The lowest BCUT2D eigenvalue weighted by Gasteiger charge is -2.20. The molecule has 5 nitrogen and oxygen atoms in total. The van der Waals surface area contributed by atoms with Crippen molar-refractivity contribution in [1.82, 2.24) is 10.3 Å². The number of anilines is 1. The summed E-state index contributed by atoms with van der Waals surface area (Å²) in [5, 5.41) is 2.99. The summed E-state index contributed by atoms with van der Waals surface area (Å²) in [4.78, 5) is 18.2. The van der Waals surface area contributed by atoms with Crippen molar-refractivity contribution in [3.8, 4) is 0 Å². The SMILES string of the molecule is C[C@H](NC(=O)c1ccnc(N(C)C)c1)[C@H]1CCCO1. The van der Waals surface area contributed by atoms with Gasteiger partial charge in [0.15, 0.2) is 0 Å². The number of rotatable bonds is 4. The predicted octanol–water partition coefficient (Wildman–Crippen LogP) is 1.44. The van der Waals surface area contributed by atoms with Gasteiger partial charge in [0, 0.05) is 32.5 Å². The highest BCUT2D eigenvalue weighted by atomic mass is 16.5. The van der Waals surface area contributed by atoms with E-state index in [9.17, 15) is 4.79 Å². The molecule has 0 unspecified atom stereocenters. The molecule has 0 aliphatic carbocycles. The van der Waals surface area contributed by atoms with Crippen molar-refractivity contribution in [2.24, 2.45) is 0 Å². The summed E-state index contributed by atoms with van der Waals surface area (Å²) in [5.41, 5.74) is 0.628. The molecule has 1 aliphatic heterocycles. The molecule has 1 N–H and O–H groups in total. The number of hydrogen-bond acceptors (Lipinski definition) is 4. The minimum absolute atomic E-state index is 0.0333. The second-order valence-corrected chi connectivity index (χ2v) is 5.11. The highest BCUT2D eigenvalue weighted by Gasteiger charge is 2.24. The molecule has 1 aromatic rings. The van der Waals surface area contributed by atoms with Gasteiger partial charge in [-0.25, -0.2) is 4.98 Å². The van der Waals surface area contributed by atoms with Gasteiger partial charge in [0.25, 0.3) is 5.91 Å². The normalized spacial score (nSPS) is 20.1. The Balaban J connectivity index is 2.00. The van der Waals surface area contributed by atoms with Crippen molar-refractivity contribution in [3.63, 3.8) is 0 Å². The number of hydrogen-bond donors (Lipinski definition) is 1. The fraction of sp³-hybridized carbons (Fsp3) is 0.571. The number of nitrogens with zero attached hydrogens (tertiary/aromatic N) is 2. The van der Waals surface area contributed by atoms with Crippen LogP contribution < -0.4 is 10.2 Å². The minimum Gasteiger partial charge on any atom is -0.376 e. The standard InChI is InChI=1S/C14H21N3O2/c1-10(12-5-4-8-19-12)16-14(18)11-6-7-15-13(9-11)17(2)3/h6-7,9-10,12H,4-5,8H2,1-3H3,(H,16,18)/t10-,12+/m0/s1. The molecule has 104 valence electrons. The predicted molar refractivity (Wildman–Crippen MR) is 74.5 cm³/mol. The van der Waals surface area contributed by atoms with Gasteiger partial charge in [0.1, 0.15) is 5.82 Å². The van der Waals surface area contributed by atoms with Crippen LogP contribution in [0.2, 0.25) is 0 Å². The van der Waals surface area contributed by atoms with E-state index >= 15 is 0 Å². The average molecular weight is 263 g/mol. The molecule has 1 aromatic heterocycles. The second kappa shape index (κ2) is 6.02. The maximum absolute atomic E-state index is 12.2. The van der Waals surface area contributed by atoms with Gasteiger partial charge >= 0.3 is 0 Å². The lowest BCUT2D eigenvalue weighted by Crippen LogP contribution is -2.40. The average Bonchev–Trinajstić information content (AvgIpc) is 2.92. The molecule has 1 fully saturated rings. The summed E-state index contributed by atoms with van der Waals surface area (Å²) < 4.78 is 5.58. The van der Waals surface area contributed by atoms with Crippen LogP contribution in [0.25, 0.3) is 0 Å². The molecule has 5 heteroatoms. The zero-order valence-electron chi connectivity index (χ0n) is 11.7. The van der Waals surface area contributed by atoms with E-state index in [1.54, 1.807) is 18.3 Å². The van der Waals surface area contributed by atoms with Crippen LogP contribution in [-0.4, -0.2) is 43.7 Å². The Morgan fingerprint density at radius 3 is 3.00 bits per heavy atom. The number of carbonyl (C=O) groups is 1. The Bertz CT molecular complexity index is 442. The lowest BCUT2D eigenvalue weighted by molar-refractivity contribution is 0.0712. The molecule has 1 aliphatic rings. The number of amides is 1. The van der Waals surface area contributed by atoms with Crippen LogP contribution in [-0.2, 0) is 4.74 Å². The van der Waals surface area contributed by atoms with Gasteiger partial charge < -0.3 is 15.0 Å². The van der Waals surface area contributed by atoms with Crippen LogP contribution >= 0.6 is 0 Å². The van der Waals surface area contributed by atoms with Gasteiger partial charge in [-0.3, -0.25) is 4.79 Å². The number of carbonyl (C=O) groups excluding carboxylic acids is 1. The molecular formula is C14H21N3O2. The summed E-state index contributed by atoms with van der Waals surface area (Å²) in [6, 6.07) is 3.55. The van der Waals surface area contributed by atoms with Crippen LogP contribution in [0.1, 0.15) is 30.1 Å². The summed E-state index contributed by atoms with van der Waals surface area (Å²) >= 11 is 0. The molecule has 0 saturated carbocycles. The van der Waals surface area contributed by atoms with E-state index in [0.29, 0.717) is 5.56 Å². The first-order valence-electron chi connectivity index (χ1n) is 6.64. The fourth-order valence-corrected chi connectivity index (χ4v) is 2.18. The monoisotopic (exact) mass is 263 g/mol. The lowest BCUT2D eigenvalue weighted by atomic mass is 10.1. The molecule has 0 bridgehead atoms. The summed E-state index contributed by atoms with van der Waals surface area (Å²) in [7, 11) is 3.80. The van der Waals surface area contributed by atoms with E-state index in [4.69, 9.17) is 4.74 Å². The Morgan fingerprint density at radius 2 is 2.37 bits per heavy atom. The van der Waals surface area contributed by atoms with E-state index in [1.807, 2.05) is 25.9 Å². The summed E-state index contributed by atoms with van der Waals surface area (Å²) in [6.07, 6.45) is 3.88. The quantitative estimate of drug-likeness (QED) is 0.893. The van der Waals surface area contributed by atoms with Gasteiger partial charge in [-0.05, 0) is 31.9 Å². The number of pyridine rings is 1. The summed E-state index contributed by atoms with van der Waals surface area (Å²) in [6.45, 7) is 2.78. The van der Waals surface area contributed by atoms with Crippen LogP contribution in [0, 0.1) is 0 Å². The highest BCUT2D eigenvalue weighted by Crippen LogP contribution is 2.16. The third kappa shape index (κ3) is 3.44. The van der Waals surface area contributed by atoms with Crippen molar-refractivity contribution in [2.75, 3.05) is 25.6 Å². The van der Waals surface area contributed by atoms with Crippen molar-refractivity contribution in [2.45, 2.75) is 31.9 Å². The first-order chi connectivity index (χ1) is 9.08. The molecule has 2 atom stereocenters. The van der Waals surface area contributed by atoms with Crippen LogP contribution in [0.4, 0.5) is 5.82 Å². The van der Waals surface area contributed by atoms with E-state index in [-0.39, 0.29) is 18.1 Å². The number of aromatic nitrogens is 1. The maximum atomic E-state index is 12.2. The number of ether oxygens (including phenoxy) is 1. The molecule has 0 radical (unpaired) electrons. The van der Waals surface area contributed by atoms with Crippen molar-refractivity contribution in [3.05, 3.63) is 23.9 Å². The second-order valence-electron chi connectivity index (χ2n) is 5.11. The number of nitrogens with one attached hydrogen (secondary N) is 1. The Morgan fingerprint density at radius 1 is 1.58 bits per heavy atom. The van der Waals surface area contributed by atoms with E-state index < -0.39 is 0 Å². The topological polar surface area (TPSA) is 54.5 Å². The van der Waals surface area contributed by atoms with E-state index in [2.05, 4.69) is 10.3 Å². The molecule has 0 aromatic carbocycles. The fourth-order valence-electron chi connectivity index (χ4n) is 2.18. The van der Waals surface area contributed by atoms with Gasteiger partial charge in [-0.2, -0.15) is 0 Å². The van der Waals surface area contributed by atoms with Gasteiger partial charge in [-0.1, -0.05) is 0 Å². The highest BCUT2D eigenvalue weighted by molar-refractivity contribution is 5.95. The zero-order chi connectivity index (χ0) is 13.8. The Labute approximate surface area is 114 Å². The third-order valence-electron chi connectivity index (χ3n) is 3.35. The van der Waals surface area contributed by atoms with Crippen LogP contribution in [0.3, 0.4) is 0 Å². The van der Waals surface area contributed by atoms with Gasteiger partial charge in [0.2, 0.25) is 0 Å². The molecule has 2 heterocycles. The van der Waals surface area contributed by atoms with E-state index in [1.165, 1.54) is 0 Å². The van der Waals surface area contributed by atoms with Gasteiger partial charge in [0.05, 0.1) is 12.1 Å². The van der Waals surface area contributed by atoms with Gasteiger partial charge in [-0.15, -0.1) is 0 Å². The van der Waals surface area contributed by atoms with E-state index in [0.717, 1.165) is 25.3 Å². The molecule has 1 saturated heterocycles.